The first-order valence-electron chi connectivity index (χ1n) is 4.49. The number of nitrogens with zero attached hydrogens (tertiary/aromatic N) is 1. The van der Waals surface area contributed by atoms with Crippen molar-refractivity contribution in [1.29, 1.82) is 0 Å². The van der Waals surface area contributed by atoms with Crippen LogP contribution in [0.25, 0.3) is 0 Å². The molecule has 0 heterocycles. The van der Waals surface area contributed by atoms with Gasteiger partial charge in [0, 0.05) is 18.1 Å². The van der Waals surface area contributed by atoms with E-state index in [2.05, 4.69) is 16.9 Å². The highest BCUT2D eigenvalue weighted by Crippen LogP contribution is 2.07. The number of para-hydroxylation sites is 1. The molecule has 2 heteroatoms. The Hall–Kier alpha value is -1.83. The van der Waals surface area contributed by atoms with Crippen molar-refractivity contribution in [2.75, 3.05) is 5.32 Å². The monoisotopic (exact) mass is 186 g/mol. The van der Waals surface area contributed by atoms with Crippen molar-refractivity contribution < 1.29 is 0 Å². The molecule has 0 spiro atoms. The lowest BCUT2D eigenvalue weighted by Gasteiger charge is -2.04. The fraction of sp³-hybridized carbons (Fsp3) is 0.0833. The number of hydrogen-bond acceptors (Lipinski definition) is 2. The van der Waals surface area contributed by atoms with E-state index in [0.29, 0.717) is 0 Å². The van der Waals surface area contributed by atoms with Gasteiger partial charge >= 0.3 is 0 Å². The fourth-order valence-corrected chi connectivity index (χ4v) is 1.00. The predicted octanol–water partition coefficient (Wildman–Crippen LogP) is 3.22. The van der Waals surface area contributed by atoms with Gasteiger partial charge in [0.05, 0.1) is 5.70 Å². The number of hydrogen-bond donors (Lipinski definition) is 1. The van der Waals surface area contributed by atoms with Gasteiger partial charge in [-0.15, -0.1) is 0 Å². The highest BCUT2D eigenvalue weighted by molar-refractivity contribution is 5.83. The number of allylic oxidation sites excluding steroid dienone is 2. The van der Waals surface area contributed by atoms with E-state index in [4.69, 9.17) is 0 Å². The van der Waals surface area contributed by atoms with E-state index in [9.17, 15) is 0 Å². The normalized spacial score (nSPS) is 11.6. The second kappa shape index (κ2) is 5.75. The second-order valence-electron chi connectivity index (χ2n) is 2.70. The maximum atomic E-state index is 3.95. The molecule has 1 N–H and O–H groups in total. The van der Waals surface area contributed by atoms with Gasteiger partial charge in [-0.2, -0.15) is 0 Å². The molecular weight excluding hydrogens is 172 g/mol. The van der Waals surface area contributed by atoms with Gasteiger partial charge in [-0.1, -0.05) is 30.9 Å². The molecule has 72 valence electrons. The van der Waals surface area contributed by atoms with Crippen LogP contribution in [0.5, 0.6) is 0 Å². The Morgan fingerprint density at radius 3 is 2.64 bits per heavy atom. The standard InChI is InChI=1S/C12H14N2/c1-3-11(10-13-4-2)14-12-8-6-5-7-9-12/h3-10,14H,2H2,1H3/b11-3+,13-10?. The van der Waals surface area contributed by atoms with Crippen LogP contribution in [0.2, 0.25) is 0 Å². The minimum Gasteiger partial charge on any atom is -0.355 e. The van der Waals surface area contributed by atoms with Crippen LogP contribution in [-0.4, -0.2) is 6.21 Å². The minimum absolute atomic E-state index is 0.955. The maximum Gasteiger partial charge on any atom is 0.0526 e. The van der Waals surface area contributed by atoms with E-state index >= 15 is 0 Å². The number of nitrogens with one attached hydrogen (secondary N) is 1. The molecule has 1 aromatic carbocycles. The summed E-state index contributed by atoms with van der Waals surface area (Å²) in [5.41, 5.74) is 2.01. The molecular formula is C12H14N2. The van der Waals surface area contributed by atoms with Gasteiger partial charge in [0.1, 0.15) is 0 Å². The summed E-state index contributed by atoms with van der Waals surface area (Å²) in [7, 11) is 0. The number of benzene rings is 1. The smallest absolute Gasteiger partial charge is 0.0526 e. The third-order valence-corrected chi connectivity index (χ3v) is 1.69. The van der Waals surface area contributed by atoms with E-state index in [1.165, 1.54) is 6.20 Å². The lowest BCUT2D eigenvalue weighted by Crippen LogP contribution is -1.99. The molecule has 0 aliphatic carbocycles. The van der Waals surface area contributed by atoms with Crippen molar-refractivity contribution in [2.45, 2.75) is 6.92 Å². The van der Waals surface area contributed by atoms with Crippen molar-refractivity contribution in [2.24, 2.45) is 4.99 Å². The molecule has 0 atom stereocenters. The summed E-state index contributed by atoms with van der Waals surface area (Å²) in [5.74, 6) is 0. The summed E-state index contributed by atoms with van der Waals surface area (Å²) in [6.45, 7) is 5.48. The SMILES string of the molecule is C=CN=C/C(=C\C)Nc1ccccc1. The van der Waals surface area contributed by atoms with Crippen molar-refractivity contribution in [3.05, 3.63) is 54.9 Å². The van der Waals surface area contributed by atoms with Crippen LogP contribution in [0.4, 0.5) is 5.69 Å². The minimum atomic E-state index is 0.955. The average Bonchev–Trinajstić information content (AvgIpc) is 2.25. The number of rotatable bonds is 4. The van der Waals surface area contributed by atoms with Gasteiger partial charge in [-0.3, -0.25) is 4.99 Å². The van der Waals surface area contributed by atoms with Crippen LogP contribution < -0.4 is 5.32 Å². The summed E-state index contributed by atoms with van der Waals surface area (Å²) >= 11 is 0. The highest BCUT2D eigenvalue weighted by atomic mass is 14.9. The summed E-state index contributed by atoms with van der Waals surface area (Å²) in [4.78, 5) is 3.95. The Kier molecular flexibility index (Phi) is 4.21. The predicted molar refractivity (Wildman–Crippen MR) is 62.5 cm³/mol. The number of anilines is 1. The van der Waals surface area contributed by atoms with Crippen LogP contribution in [0.1, 0.15) is 6.92 Å². The molecule has 2 nitrogen and oxygen atoms in total. The molecule has 14 heavy (non-hydrogen) atoms. The quantitative estimate of drug-likeness (QED) is 0.717. The molecule has 0 aliphatic heterocycles. The lowest BCUT2D eigenvalue weighted by molar-refractivity contribution is 1.48. The molecule has 1 rings (SSSR count). The van der Waals surface area contributed by atoms with E-state index in [-0.39, 0.29) is 0 Å². The zero-order chi connectivity index (χ0) is 10.2. The summed E-state index contributed by atoms with van der Waals surface area (Å²) in [6.07, 6.45) is 5.20. The summed E-state index contributed by atoms with van der Waals surface area (Å²) in [6, 6.07) is 9.97. The molecule has 1 aromatic rings. The van der Waals surface area contributed by atoms with Crippen molar-refractivity contribution in [3.8, 4) is 0 Å². The Bertz CT molecular complexity index is 337. The topological polar surface area (TPSA) is 24.4 Å². The van der Waals surface area contributed by atoms with E-state index in [0.717, 1.165) is 11.4 Å². The molecule has 0 unspecified atom stereocenters. The molecule has 0 saturated heterocycles. The first kappa shape index (κ1) is 10.3. The van der Waals surface area contributed by atoms with E-state index < -0.39 is 0 Å². The Balaban J connectivity index is 2.67. The van der Waals surface area contributed by atoms with E-state index in [1.54, 1.807) is 6.21 Å². The Labute approximate surface area is 84.7 Å². The van der Waals surface area contributed by atoms with Gasteiger partial charge in [0.25, 0.3) is 0 Å². The first-order valence-corrected chi connectivity index (χ1v) is 4.49. The first-order chi connectivity index (χ1) is 6.86. The highest BCUT2D eigenvalue weighted by Gasteiger charge is 1.91. The van der Waals surface area contributed by atoms with Gasteiger partial charge in [0.2, 0.25) is 0 Å². The van der Waals surface area contributed by atoms with Crippen LogP contribution in [-0.2, 0) is 0 Å². The van der Waals surface area contributed by atoms with Crippen LogP contribution >= 0.6 is 0 Å². The Morgan fingerprint density at radius 2 is 2.07 bits per heavy atom. The third-order valence-electron chi connectivity index (χ3n) is 1.69. The number of aliphatic imine (C=N–C) groups is 1. The molecule has 0 radical (unpaired) electrons. The van der Waals surface area contributed by atoms with Crippen LogP contribution in [0.3, 0.4) is 0 Å². The van der Waals surface area contributed by atoms with Crippen LogP contribution in [0, 0.1) is 0 Å². The molecule has 0 fully saturated rings. The largest absolute Gasteiger partial charge is 0.355 e. The van der Waals surface area contributed by atoms with Crippen molar-refractivity contribution in [1.82, 2.24) is 0 Å². The summed E-state index contributed by atoms with van der Waals surface area (Å²) in [5, 5.41) is 3.23. The second-order valence-corrected chi connectivity index (χ2v) is 2.70. The maximum absolute atomic E-state index is 3.95. The lowest BCUT2D eigenvalue weighted by atomic mass is 10.3. The van der Waals surface area contributed by atoms with Gasteiger partial charge in [-0.25, -0.2) is 0 Å². The zero-order valence-electron chi connectivity index (χ0n) is 8.27. The van der Waals surface area contributed by atoms with Gasteiger partial charge in [-0.05, 0) is 19.1 Å². The molecule has 0 aromatic heterocycles. The van der Waals surface area contributed by atoms with E-state index in [1.807, 2.05) is 43.3 Å². The molecule has 0 bridgehead atoms. The summed E-state index contributed by atoms with van der Waals surface area (Å²) < 4.78 is 0. The van der Waals surface area contributed by atoms with Crippen LogP contribution in [0.15, 0.2) is 59.9 Å². The zero-order valence-corrected chi connectivity index (χ0v) is 8.27. The third kappa shape index (κ3) is 3.27. The van der Waals surface area contributed by atoms with Gasteiger partial charge in [0.15, 0.2) is 0 Å². The van der Waals surface area contributed by atoms with Crippen molar-refractivity contribution >= 4 is 11.9 Å². The Morgan fingerprint density at radius 1 is 1.36 bits per heavy atom. The molecule has 0 aliphatic rings. The fourth-order valence-electron chi connectivity index (χ4n) is 1.00. The van der Waals surface area contributed by atoms with Gasteiger partial charge < -0.3 is 5.32 Å². The molecule has 0 amide bonds. The average molecular weight is 186 g/mol. The molecule has 0 saturated carbocycles. The van der Waals surface area contributed by atoms with Crippen molar-refractivity contribution in [3.63, 3.8) is 0 Å².